The van der Waals surface area contributed by atoms with Crippen LogP contribution in [-0.2, 0) is 18.5 Å². The normalized spacial score (nSPS) is 12.6. The number of aliphatic hydroxyl groups is 2. The summed E-state index contributed by atoms with van der Waals surface area (Å²) in [5.41, 5.74) is 4.65. The number of rotatable bonds is 12. The number of aliphatic hydroxyl groups excluding tert-OH is 2. The van der Waals surface area contributed by atoms with Crippen LogP contribution in [0.25, 0.3) is 0 Å². The lowest BCUT2D eigenvalue weighted by molar-refractivity contribution is -0.0130. The highest BCUT2D eigenvalue weighted by Crippen LogP contribution is 2.42. The SMILES string of the molecule is Cc1c(C)c(C)c(P(OCCOCO)OCCOCCO)c(S)c1C. The summed E-state index contributed by atoms with van der Waals surface area (Å²) in [7, 11) is -1.36. The molecule has 1 unspecified atom stereocenters. The Labute approximate surface area is 156 Å². The van der Waals surface area contributed by atoms with E-state index in [9.17, 15) is 0 Å². The summed E-state index contributed by atoms with van der Waals surface area (Å²) in [5, 5.41) is 18.4. The summed E-state index contributed by atoms with van der Waals surface area (Å²) in [6.45, 7) is 9.51. The van der Waals surface area contributed by atoms with E-state index in [1.807, 2.05) is 13.8 Å². The van der Waals surface area contributed by atoms with E-state index in [0.29, 0.717) is 19.8 Å². The monoisotopic (exact) mass is 392 g/mol. The van der Waals surface area contributed by atoms with Crippen LogP contribution in [-0.4, -0.2) is 56.6 Å². The van der Waals surface area contributed by atoms with Crippen LogP contribution in [0.5, 0.6) is 0 Å². The van der Waals surface area contributed by atoms with E-state index in [-0.39, 0.29) is 26.6 Å². The fourth-order valence-corrected chi connectivity index (χ4v) is 4.43. The molecule has 1 aromatic rings. The Morgan fingerprint density at radius 2 is 1.32 bits per heavy atom. The van der Waals surface area contributed by atoms with Crippen molar-refractivity contribution in [3.8, 4) is 0 Å². The Bertz CT molecular complexity index is 511. The van der Waals surface area contributed by atoms with Crippen LogP contribution in [0.3, 0.4) is 0 Å². The van der Waals surface area contributed by atoms with Gasteiger partial charge in [0.15, 0.2) is 0 Å². The predicted octanol–water partition coefficient (Wildman–Crippen LogP) is 2.15. The van der Waals surface area contributed by atoms with Crippen molar-refractivity contribution in [2.45, 2.75) is 32.6 Å². The van der Waals surface area contributed by atoms with Gasteiger partial charge < -0.3 is 28.7 Å². The summed E-state index contributed by atoms with van der Waals surface area (Å²) in [6, 6.07) is 0. The first-order valence-corrected chi connectivity index (χ1v) is 9.80. The third-order valence-corrected chi connectivity index (χ3v) is 6.50. The molecule has 1 rings (SSSR count). The van der Waals surface area contributed by atoms with E-state index in [1.54, 1.807) is 0 Å². The second kappa shape index (κ2) is 12.2. The fourth-order valence-electron chi connectivity index (χ4n) is 2.25. The van der Waals surface area contributed by atoms with Crippen molar-refractivity contribution < 1.29 is 28.7 Å². The van der Waals surface area contributed by atoms with E-state index in [4.69, 9.17) is 41.4 Å². The standard InChI is InChI=1S/C17H29O6PS/c1-12-13(2)15(4)17(25)16(14(12)3)24(23-10-8-21-11-19)22-9-7-20-6-5-18/h18-19,25H,5-11H2,1-4H3. The molecule has 0 heterocycles. The average Bonchev–Trinajstić information content (AvgIpc) is 2.61. The minimum Gasteiger partial charge on any atom is -0.394 e. The Kier molecular flexibility index (Phi) is 11.1. The van der Waals surface area contributed by atoms with Gasteiger partial charge in [0, 0.05) is 10.2 Å². The number of ether oxygens (including phenoxy) is 2. The molecule has 0 aliphatic carbocycles. The molecule has 0 spiro atoms. The van der Waals surface area contributed by atoms with Crippen molar-refractivity contribution in [3.05, 3.63) is 22.3 Å². The highest BCUT2D eigenvalue weighted by atomic mass is 32.1. The lowest BCUT2D eigenvalue weighted by Crippen LogP contribution is -2.18. The molecule has 0 fully saturated rings. The molecule has 25 heavy (non-hydrogen) atoms. The lowest BCUT2D eigenvalue weighted by Gasteiger charge is -2.24. The van der Waals surface area contributed by atoms with Crippen molar-refractivity contribution in [2.24, 2.45) is 0 Å². The highest BCUT2D eigenvalue weighted by Gasteiger charge is 2.23. The van der Waals surface area contributed by atoms with Crippen molar-refractivity contribution in [2.75, 3.05) is 46.4 Å². The van der Waals surface area contributed by atoms with Gasteiger partial charge in [-0.05, 0) is 49.9 Å². The van der Waals surface area contributed by atoms with Crippen molar-refractivity contribution in [1.29, 1.82) is 0 Å². The summed E-state index contributed by atoms with van der Waals surface area (Å²) in [5.74, 6) is 0. The van der Waals surface area contributed by atoms with Gasteiger partial charge in [-0.15, -0.1) is 12.6 Å². The van der Waals surface area contributed by atoms with Gasteiger partial charge in [0.05, 0.1) is 39.6 Å². The number of hydrogen-bond donors (Lipinski definition) is 3. The Balaban J connectivity index is 2.93. The summed E-state index contributed by atoms with van der Waals surface area (Å²) in [4.78, 5) is 0.881. The predicted molar refractivity (Wildman–Crippen MR) is 102 cm³/mol. The number of hydrogen-bond acceptors (Lipinski definition) is 7. The van der Waals surface area contributed by atoms with Crippen molar-refractivity contribution >= 4 is 26.3 Å². The van der Waals surface area contributed by atoms with Gasteiger partial charge in [0.25, 0.3) is 0 Å². The molecule has 2 N–H and O–H groups in total. The fraction of sp³-hybridized carbons (Fsp3) is 0.647. The molecule has 0 saturated heterocycles. The van der Waals surface area contributed by atoms with Crippen LogP contribution in [0.2, 0.25) is 0 Å². The zero-order valence-electron chi connectivity index (χ0n) is 15.4. The van der Waals surface area contributed by atoms with Crippen LogP contribution >= 0.6 is 21.0 Å². The molecule has 0 aliphatic rings. The first-order valence-electron chi connectivity index (χ1n) is 8.18. The largest absolute Gasteiger partial charge is 0.394 e. The highest BCUT2D eigenvalue weighted by molar-refractivity contribution is 7.81. The summed E-state index contributed by atoms with van der Waals surface area (Å²) < 4.78 is 22.0. The van der Waals surface area contributed by atoms with Crippen molar-refractivity contribution in [1.82, 2.24) is 0 Å². The third kappa shape index (κ3) is 6.77. The van der Waals surface area contributed by atoms with Gasteiger partial charge in [0.1, 0.15) is 6.79 Å². The second-order valence-electron chi connectivity index (χ2n) is 5.49. The molecule has 1 atom stereocenters. The number of thiol groups is 1. The molecule has 0 aromatic heterocycles. The maximum Gasteiger partial charge on any atom is 0.206 e. The van der Waals surface area contributed by atoms with Gasteiger partial charge in [-0.2, -0.15) is 0 Å². The molecule has 0 aliphatic heterocycles. The Hall–Kier alpha value is -0.240. The van der Waals surface area contributed by atoms with E-state index in [0.717, 1.165) is 21.3 Å². The van der Waals surface area contributed by atoms with Crippen LogP contribution < -0.4 is 5.30 Å². The van der Waals surface area contributed by atoms with Crippen LogP contribution in [0.1, 0.15) is 22.3 Å². The molecular weight excluding hydrogens is 363 g/mol. The summed E-state index contributed by atoms with van der Waals surface area (Å²) in [6.07, 6.45) is 0. The van der Waals surface area contributed by atoms with E-state index < -0.39 is 8.38 Å². The van der Waals surface area contributed by atoms with Crippen LogP contribution in [0.15, 0.2) is 4.90 Å². The summed E-state index contributed by atoms with van der Waals surface area (Å²) >= 11 is 4.70. The molecule has 0 bridgehead atoms. The van der Waals surface area contributed by atoms with Gasteiger partial charge in [0.2, 0.25) is 8.38 Å². The van der Waals surface area contributed by atoms with Gasteiger partial charge >= 0.3 is 0 Å². The first-order chi connectivity index (χ1) is 12.0. The molecule has 1 aromatic carbocycles. The zero-order valence-corrected chi connectivity index (χ0v) is 17.2. The maximum absolute atomic E-state index is 8.75. The quantitative estimate of drug-likeness (QED) is 0.219. The minimum atomic E-state index is -1.36. The average molecular weight is 392 g/mol. The molecule has 6 nitrogen and oxygen atoms in total. The molecule has 0 amide bonds. The van der Waals surface area contributed by atoms with Gasteiger partial charge in [-0.1, -0.05) is 0 Å². The second-order valence-corrected chi connectivity index (χ2v) is 7.42. The minimum absolute atomic E-state index is 0.0139. The molecule has 0 radical (unpaired) electrons. The molecular formula is C17H29O6PS. The van der Waals surface area contributed by atoms with Crippen LogP contribution in [0.4, 0.5) is 0 Å². The van der Waals surface area contributed by atoms with Gasteiger partial charge in [-0.25, -0.2) is 0 Å². The maximum atomic E-state index is 8.75. The Morgan fingerprint density at radius 3 is 1.88 bits per heavy atom. The topological polar surface area (TPSA) is 77.4 Å². The lowest BCUT2D eigenvalue weighted by atomic mass is 9.99. The van der Waals surface area contributed by atoms with Crippen LogP contribution in [0, 0.1) is 27.7 Å². The first kappa shape index (κ1) is 22.8. The molecule has 0 saturated carbocycles. The molecule has 144 valence electrons. The van der Waals surface area contributed by atoms with E-state index in [2.05, 4.69) is 13.8 Å². The zero-order chi connectivity index (χ0) is 18.8. The Morgan fingerprint density at radius 1 is 0.760 bits per heavy atom. The molecule has 8 heteroatoms. The van der Waals surface area contributed by atoms with Crippen molar-refractivity contribution in [3.63, 3.8) is 0 Å². The number of benzene rings is 1. The smallest absolute Gasteiger partial charge is 0.206 e. The van der Waals surface area contributed by atoms with Gasteiger partial charge in [-0.3, -0.25) is 0 Å². The van der Waals surface area contributed by atoms with E-state index >= 15 is 0 Å². The third-order valence-electron chi connectivity index (χ3n) is 4.00. The van der Waals surface area contributed by atoms with E-state index in [1.165, 1.54) is 11.1 Å².